The molecule has 2 saturated carbocycles. The highest BCUT2D eigenvalue weighted by atomic mass is 32.2. The number of rotatable bonds is 3. The first kappa shape index (κ1) is 13.1. The van der Waals surface area contributed by atoms with E-state index in [1.165, 1.54) is 0 Å². The van der Waals surface area contributed by atoms with Gasteiger partial charge in [0.1, 0.15) is 0 Å². The van der Waals surface area contributed by atoms with Crippen molar-refractivity contribution in [1.29, 1.82) is 0 Å². The predicted octanol–water partition coefficient (Wildman–Crippen LogP) is 2.66. The second-order valence-corrected chi connectivity index (χ2v) is 7.98. The van der Waals surface area contributed by atoms with Crippen LogP contribution in [0.1, 0.15) is 26.2 Å². The van der Waals surface area contributed by atoms with E-state index in [0.29, 0.717) is 4.90 Å². The topological polar surface area (TPSA) is 43.4 Å². The summed E-state index contributed by atoms with van der Waals surface area (Å²) in [7, 11) is -1.53. The largest absolute Gasteiger partial charge is 0.381 e. The van der Waals surface area contributed by atoms with Crippen LogP contribution in [0, 0.1) is 11.3 Å². The van der Waals surface area contributed by atoms with Gasteiger partial charge >= 0.3 is 0 Å². The normalized spacial score (nSPS) is 37.7. The van der Waals surface area contributed by atoms with E-state index in [1.807, 2.05) is 6.07 Å². The van der Waals surface area contributed by atoms with Gasteiger partial charge < -0.3 is 4.74 Å². The molecule has 2 aliphatic carbocycles. The molecule has 4 heteroatoms. The fourth-order valence-corrected chi connectivity index (χ4v) is 6.59. The van der Waals surface area contributed by atoms with E-state index < -0.39 is 9.84 Å². The Bertz CT molecular complexity index is 566. The summed E-state index contributed by atoms with van der Waals surface area (Å²) in [6.07, 6.45) is 3.13. The Balaban J connectivity index is 1.97. The SMILES string of the molecule is COC1CCCC2C(S(=O)(=O)c3ccccc3)C12C. The first-order valence-corrected chi connectivity index (χ1v) is 8.39. The third kappa shape index (κ3) is 1.77. The first-order chi connectivity index (χ1) is 9.03. The lowest BCUT2D eigenvalue weighted by Gasteiger charge is -2.27. The molecule has 1 aromatic carbocycles. The van der Waals surface area contributed by atoms with Crippen molar-refractivity contribution < 1.29 is 13.2 Å². The molecule has 3 nitrogen and oxygen atoms in total. The molecule has 0 aliphatic heterocycles. The van der Waals surface area contributed by atoms with E-state index in [-0.39, 0.29) is 22.7 Å². The second-order valence-electron chi connectivity index (χ2n) is 5.91. The highest BCUT2D eigenvalue weighted by molar-refractivity contribution is 7.92. The van der Waals surface area contributed by atoms with Crippen LogP contribution in [0.5, 0.6) is 0 Å². The average Bonchev–Trinajstić information content (AvgIpc) is 3.06. The first-order valence-electron chi connectivity index (χ1n) is 6.84. The Kier molecular flexibility index (Phi) is 2.98. The van der Waals surface area contributed by atoms with Gasteiger partial charge in [0.15, 0.2) is 9.84 Å². The molecular weight excluding hydrogens is 260 g/mol. The average molecular weight is 280 g/mol. The molecular formula is C15H20O3S. The van der Waals surface area contributed by atoms with Crippen LogP contribution in [0.2, 0.25) is 0 Å². The standard InChI is InChI=1S/C15H20O3S/c1-15-12(9-6-10-13(15)18-2)14(15)19(16,17)11-7-4-3-5-8-11/h3-5,7-8,12-14H,6,9-10H2,1-2H3. The minimum Gasteiger partial charge on any atom is -0.381 e. The summed E-state index contributed by atoms with van der Waals surface area (Å²) in [6.45, 7) is 2.08. The Morgan fingerprint density at radius 3 is 2.53 bits per heavy atom. The number of fused-ring (bicyclic) bond motifs is 1. The van der Waals surface area contributed by atoms with Gasteiger partial charge in [0.25, 0.3) is 0 Å². The van der Waals surface area contributed by atoms with Gasteiger partial charge in [-0.3, -0.25) is 0 Å². The van der Waals surface area contributed by atoms with Gasteiger partial charge in [-0.15, -0.1) is 0 Å². The number of benzene rings is 1. The molecule has 1 aromatic rings. The number of sulfone groups is 1. The van der Waals surface area contributed by atoms with Gasteiger partial charge in [-0.05, 0) is 30.9 Å². The summed E-state index contributed by atoms with van der Waals surface area (Å²) in [5.41, 5.74) is -0.193. The van der Waals surface area contributed by atoms with E-state index >= 15 is 0 Å². The van der Waals surface area contributed by atoms with Crippen LogP contribution in [-0.4, -0.2) is 26.9 Å². The van der Waals surface area contributed by atoms with Crippen molar-refractivity contribution in [1.82, 2.24) is 0 Å². The molecule has 4 unspecified atom stereocenters. The van der Waals surface area contributed by atoms with E-state index in [1.54, 1.807) is 31.4 Å². The summed E-state index contributed by atoms with van der Waals surface area (Å²) in [4.78, 5) is 0.450. The lowest BCUT2D eigenvalue weighted by atomic mass is 9.87. The van der Waals surface area contributed by atoms with E-state index in [2.05, 4.69) is 6.92 Å². The molecule has 4 atom stereocenters. The number of hydrogen-bond acceptors (Lipinski definition) is 3. The van der Waals surface area contributed by atoms with Crippen LogP contribution in [-0.2, 0) is 14.6 Å². The van der Waals surface area contributed by atoms with Gasteiger partial charge in [-0.2, -0.15) is 0 Å². The van der Waals surface area contributed by atoms with Gasteiger partial charge in [-0.1, -0.05) is 31.5 Å². The minimum atomic E-state index is -3.23. The number of hydrogen-bond donors (Lipinski definition) is 0. The van der Waals surface area contributed by atoms with Crippen molar-refractivity contribution in [2.24, 2.45) is 11.3 Å². The zero-order valence-electron chi connectivity index (χ0n) is 11.4. The monoisotopic (exact) mass is 280 g/mol. The highest BCUT2D eigenvalue weighted by Gasteiger charge is 2.71. The van der Waals surface area contributed by atoms with Crippen molar-refractivity contribution >= 4 is 9.84 Å². The van der Waals surface area contributed by atoms with Gasteiger partial charge in [0.2, 0.25) is 0 Å². The zero-order valence-corrected chi connectivity index (χ0v) is 12.2. The molecule has 0 saturated heterocycles. The lowest BCUT2D eigenvalue weighted by Crippen LogP contribution is -2.29. The third-order valence-corrected chi connectivity index (χ3v) is 7.47. The van der Waals surface area contributed by atoms with E-state index in [0.717, 1.165) is 19.3 Å². The van der Waals surface area contributed by atoms with Crippen molar-refractivity contribution in [3.05, 3.63) is 30.3 Å². The van der Waals surface area contributed by atoms with Crippen LogP contribution in [0.4, 0.5) is 0 Å². The maximum Gasteiger partial charge on any atom is 0.182 e. The molecule has 0 heterocycles. The summed E-state index contributed by atoms with van der Waals surface area (Å²) in [5, 5.41) is -0.269. The summed E-state index contributed by atoms with van der Waals surface area (Å²) < 4.78 is 31.1. The number of ether oxygens (including phenoxy) is 1. The van der Waals surface area contributed by atoms with Gasteiger partial charge in [-0.25, -0.2) is 8.42 Å². The highest BCUT2D eigenvalue weighted by Crippen LogP contribution is 2.65. The molecule has 2 fully saturated rings. The molecule has 0 radical (unpaired) electrons. The van der Waals surface area contributed by atoms with Crippen LogP contribution in [0.25, 0.3) is 0 Å². The molecule has 104 valence electrons. The third-order valence-electron chi connectivity index (χ3n) is 5.03. The molecule has 0 aromatic heterocycles. The summed E-state index contributed by atoms with van der Waals surface area (Å²) in [5.74, 6) is 0.261. The van der Waals surface area contributed by atoms with Crippen LogP contribution in [0.15, 0.2) is 35.2 Å². The van der Waals surface area contributed by atoms with Gasteiger partial charge in [0.05, 0.1) is 16.2 Å². The summed E-state index contributed by atoms with van der Waals surface area (Å²) >= 11 is 0. The van der Waals surface area contributed by atoms with Crippen molar-refractivity contribution in [3.63, 3.8) is 0 Å². The minimum absolute atomic E-state index is 0.0785. The lowest BCUT2D eigenvalue weighted by molar-refractivity contribution is 0.0188. The molecule has 0 spiro atoms. The van der Waals surface area contributed by atoms with Crippen LogP contribution < -0.4 is 0 Å². The fraction of sp³-hybridized carbons (Fsp3) is 0.600. The Morgan fingerprint density at radius 2 is 1.89 bits per heavy atom. The Labute approximate surface area is 114 Å². The van der Waals surface area contributed by atoms with Crippen molar-refractivity contribution in [3.8, 4) is 0 Å². The maximum atomic E-state index is 12.8. The second kappa shape index (κ2) is 4.32. The molecule has 0 N–H and O–H groups in total. The van der Waals surface area contributed by atoms with E-state index in [9.17, 15) is 8.42 Å². The maximum absolute atomic E-state index is 12.8. The fourth-order valence-electron chi connectivity index (χ4n) is 3.98. The quantitative estimate of drug-likeness (QED) is 0.855. The molecule has 3 rings (SSSR count). The molecule has 0 bridgehead atoms. The molecule has 0 amide bonds. The van der Waals surface area contributed by atoms with Crippen molar-refractivity contribution in [2.45, 2.75) is 42.4 Å². The van der Waals surface area contributed by atoms with Crippen LogP contribution >= 0.6 is 0 Å². The van der Waals surface area contributed by atoms with Gasteiger partial charge in [0, 0.05) is 12.5 Å². The summed E-state index contributed by atoms with van der Waals surface area (Å²) in [6, 6.07) is 8.82. The van der Waals surface area contributed by atoms with E-state index in [4.69, 9.17) is 4.74 Å². The smallest absolute Gasteiger partial charge is 0.182 e. The zero-order chi connectivity index (χ0) is 13.7. The predicted molar refractivity (Wildman–Crippen MR) is 73.7 cm³/mol. The van der Waals surface area contributed by atoms with Crippen molar-refractivity contribution in [2.75, 3.05) is 7.11 Å². The Hall–Kier alpha value is -0.870. The van der Waals surface area contributed by atoms with Crippen LogP contribution in [0.3, 0.4) is 0 Å². The Morgan fingerprint density at radius 1 is 1.21 bits per heavy atom. The molecule has 19 heavy (non-hydrogen) atoms. The molecule has 2 aliphatic rings. The number of methoxy groups -OCH3 is 1.